The van der Waals surface area contributed by atoms with E-state index in [0.717, 1.165) is 60.5 Å². The minimum absolute atomic E-state index is 0.425. The fourth-order valence-corrected chi connectivity index (χ4v) is 3.61. The molecule has 0 heterocycles. The Kier molecular flexibility index (Phi) is 11.5. The van der Waals surface area contributed by atoms with Crippen LogP contribution in [0.1, 0.15) is 44.2 Å². The topological polar surface area (TPSA) is 39.7 Å². The van der Waals surface area contributed by atoms with E-state index in [9.17, 15) is 0 Å². The Morgan fingerprint density at radius 1 is 1.00 bits per heavy atom. The molecule has 0 aliphatic heterocycles. The van der Waals surface area contributed by atoms with Gasteiger partial charge in [-0.3, -0.25) is 0 Å². The first-order valence-electron chi connectivity index (χ1n) is 10.2. The summed E-state index contributed by atoms with van der Waals surface area (Å²) >= 11 is 9.69. The van der Waals surface area contributed by atoms with Gasteiger partial charge in [0.15, 0.2) is 11.5 Å². The highest BCUT2D eigenvalue weighted by Gasteiger charge is 2.13. The van der Waals surface area contributed by atoms with Gasteiger partial charge in [0, 0.05) is 24.8 Å². The van der Waals surface area contributed by atoms with E-state index < -0.39 is 0 Å². The Hall–Kier alpha value is -1.27. The molecule has 0 saturated heterocycles. The largest absolute Gasteiger partial charge is 0.490 e. The highest BCUT2D eigenvalue weighted by atomic mass is 79.9. The number of unbranched alkanes of at least 4 members (excludes halogenated alkanes) is 1. The summed E-state index contributed by atoms with van der Waals surface area (Å²) in [5.74, 6) is 1.45. The summed E-state index contributed by atoms with van der Waals surface area (Å²) in [5.41, 5.74) is 2.15. The van der Waals surface area contributed by atoms with Crippen molar-refractivity contribution in [1.29, 1.82) is 0 Å². The lowest BCUT2D eigenvalue weighted by atomic mass is 10.2. The van der Waals surface area contributed by atoms with Crippen LogP contribution in [0.25, 0.3) is 0 Å². The maximum Gasteiger partial charge on any atom is 0.175 e. The molecule has 0 radical (unpaired) electrons. The Morgan fingerprint density at radius 3 is 2.59 bits per heavy atom. The fourth-order valence-electron chi connectivity index (χ4n) is 2.79. The zero-order valence-corrected chi connectivity index (χ0v) is 19.7. The summed E-state index contributed by atoms with van der Waals surface area (Å²) in [5, 5.41) is 4.16. The molecule has 2 aromatic rings. The summed E-state index contributed by atoms with van der Waals surface area (Å²) in [4.78, 5) is 0. The van der Waals surface area contributed by atoms with E-state index in [2.05, 4.69) is 34.2 Å². The second-order valence-electron chi connectivity index (χ2n) is 6.75. The van der Waals surface area contributed by atoms with Gasteiger partial charge < -0.3 is 19.5 Å². The zero-order valence-electron chi connectivity index (χ0n) is 17.3. The lowest BCUT2D eigenvalue weighted by Crippen LogP contribution is -2.16. The second kappa shape index (κ2) is 13.9. The quantitative estimate of drug-likeness (QED) is 0.316. The maximum absolute atomic E-state index is 6.06. The van der Waals surface area contributed by atoms with Gasteiger partial charge >= 0.3 is 0 Å². The molecule has 160 valence electrons. The van der Waals surface area contributed by atoms with Crippen LogP contribution in [-0.4, -0.2) is 26.4 Å². The van der Waals surface area contributed by atoms with E-state index in [4.69, 9.17) is 25.8 Å². The molecule has 2 rings (SSSR count). The van der Waals surface area contributed by atoms with Crippen LogP contribution in [0, 0.1) is 0 Å². The van der Waals surface area contributed by atoms with Crippen LogP contribution in [0.15, 0.2) is 40.9 Å². The summed E-state index contributed by atoms with van der Waals surface area (Å²) < 4.78 is 18.3. The van der Waals surface area contributed by atoms with E-state index in [1.54, 1.807) is 0 Å². The van der Waals surface area contributed by atoms with Crippen molar-refractivity contribution in [2.24, 2.45) is 0 Å². The van der Waals surface area contributed by atoms with Gasteiger partial charge in [-0.15, -0.1) is 0 Å². The minimum atomic E-state index is 0.425. The third kappa shape index (κ3) is 8.95. The number of halogens is 2. The van der Waals surface area contributed by atoms with E-state index in [0.29, 0.717) is 24.0 Å². The summed E-state index contributed by atoms with van der Waals surface area (Å²) in [6.07, 6.45) is 3.31. The summed E-state index contributed by atoms with van der Waals surface area (Å²) in [6.45, 7) is 8.49. The van der Waals surface area contributed by atoms with Crippen LogP contribution in [0.5, 0.6) is 11.5 Å². The van der Waals surface area contributed by atoms with E-state index >= 15 is 0 Å². The number of rotatable bonds is 14. The van der Waals surface area contributed by atoms with Gasteiger partial charge in [0.05, 0.1) is 11.1 Å². The predicted octanol–water partition coefficient (Wildman–Crippen LogP) is 6.38. The molecule has 0 fully saturated rings. The van der Waals surface area contributed by atoms with Crippen molar-refractivity contribution < 1.29 is 14.2 Å². The van der Waals surface area contributed by atoms with Crippen molar-refractivity contribution in [3.63, 3.8) is 0 Å². The monoisotopic (exact) mass is 483 g/mol. The summed E-state index contributed by atoms with van der Waals surface area (Å²) in [7, 11) is 0. The molecule has 0 aliphatic carbocycles. The van der Waals surface area contributed by atoms with E-state index in [-0.39, 0.29) is 0 Å². The van der Waals surface area contributed by atoms with Crippen molar-refractivity contribution in [2.75, 3.05) is 26.4 Å². The molecular weight excluding hydrogens is 454 g/mol. The lowest BCUT2D eigenvalue weighted by Gasteiger charge is -2.16. The van der Waals surface area contributed by atoms with Gasteiger partial charge in [-0.25, -0.2) is 0 Å². The highest BCUT2D eigenvalue weighted by molar-refractivity contribution is 9.10. The van der Waals surface area contributed by atoms with Crippen LogP contribution in [0.4, 0.5) is 0 Å². The molecule has 0 amide bonds. The number of ether oxygens (including phenoxy) is 3. The number of benzene rings is 2. The number of hydrogen-bond donors (Lipinski definition) is 1. The zero-order chi connectivity index (χ0) is 20.9. The van der Waals surface area contributed by atoms with Gasteiger partial charge in [0.2, 0.25) is 0 Å². The molecular formula is C23H31BrClNO3. The first-order valence-corrected chi connectivity index (χ1v) is 11.4. The summed E-state index contributed by atoms with van der Waals surface area (Å²) in [6, 6.07) is 11.8. The third-order valence-corrected chi connectivity index (χ3v) is 5.08. The van der Waals surface area contributed by atoms with Gasteiger partial charge in [-0.1, -0.05) is 37.1 Å². The normalized spacial score (nSPS) is 10.9. The van der Waals surface area contributed by atoms with E-state index in [1.807, 2.05) is 37.3 Å². The second-order valence-corrected chi connectivity index (χ2v) is 8.04. The third-order valence-electron chi connectivity index (χ3n) is 4.25. The van der Waals surface area contributed by atoms with Crippen LogP contribution in [0.3, 0.4) is 0 Å². The minimum Gasteiger partial charge on any atom is -0.490 e. The average molecular weight is 485 g/mol. The van der Waals surface area contributed by atoms with Crippen molar-refractivity contribution in [3.05, 3.63) is 57.0 Å². The highest BCUT2D eigenvalue weighted by Crippen LogP contribution is 2.37. The standard InChI is InChI=1S/C23H31BrClNO3/c1-3-5-11-27-12-7-10-26-16-19-14-21(24)23(22(15-19)28-4-2)29-17-18-8-6-9-20(25)13-18/h6,8-9,13-15,26H,3-5,7,10-12,16-17H2,1-2H3. The van der Waals surface area contributed by atoms with Gasteiger partial charge in [-0.05, 0) is 77.6 Å². The van der Waals surface area contributed by atoms with Gasteiger partial charge in [0.1, 0.15) is 6.61 Å². The van der Waals surface area contributed by atoms with E-state index in [1.165, 1.54) is 6.42 Å². The van der Waals surface area contributed by atoms with Crippen molar-refractivity contribution in [3.8, 4) is 11.5 Å². The number of nitrogens with one attached hydrogen (secondary N) is 1. The molecule has 6 heteroatoms. The molecule has 0 bridgehead atoms. The molecule has 1 N–H and O–H groups in total. The molecule has 2 aromatic carbocycles. The van der Waals surface area contributed by atoms with Crippen LogP contribution in [-0.2, 0) is 17.9 Å². The Labute approximate surface area is 188 Å². The predicted molar refractivity (Wildman–Crippen MR) is 123 cm³/mol. The lowest BCUT2D eigenvalue weighted by molar-refractivity contribution is 0.129. The number of hydrogen-bond acceptors (Lipinski definition) is 4. The first-order chi connectivity index (χ1) is 14.1. The molecule has 0 aromatic heterocycles. The van der Waals surface area contributed by atoms with Crippen molar-refractivity contribution in [1.82, 2.24) is 5.32 Å². The molecule has 0 atom stereocenters. The molecule has 0 unspecified atom stereocenters. The fraction of sp³-hybridized carbons (Fsp3) is 0.478. The van der Waals surface area contributed by atoms with Crippen LogP contribution in [0.2, 0.25) is 5.02 Å². The Morgan fingerprint density at radius 2 is 1.83 bits per heavy atom. The maximum atomic E-state index is 6.06. The molecule has 0 spiro atoms. The average Bonchev–Trinajstić information content (AvgIpc) is 2.70. The first kappa shape index (κ1) is 24.0. The molecule has 0 aliphatic rings. The van der Waals surface area contributed by atoms with Gasteiger partial charge in [0.25, 0.3) is 0 Å². The molecule has 0 saturated carbocycles. The van der Waals surface area contributed by atoms with Gasteiger partial charge in [-0.2, -0.15) is 0 Å². The van der Waals surface area contributed by atoms with Crippen molar-refractivity contribution >= 4 is 27.5 Å². The van der Waals surface area contributed by atoms with Crippen LogP contribution >= 0.6 is 27.5 Å². The SMILES string of the molecule is CCCCOCCCNCc1cc(Br)c(OCc2cccc(Cl)c2)c(OCC)c1. The Balaban J connectivity index is 1.89. The molecule has 29 heavy (non-hydrogen) atoms. The molecule has 4 nitrogen and oxygen atoms in total. The van der Waals surface area contributed by atoms with Crippen LogP contribution < -0.4 is 14.8 Å². The Bertz CT molecular complexity index is 742. The smallest absolute Gasteiger partial charge is 0.175 e. The van der Waals surface area contributed by atoms with Crippen molar-refractivity contribution in [2.45, 2.75) is 46.3 Å².